The van der Waals surface area contributed by atoms with E-state index in [9.17, 15) is 9.59 Å². The summed E-state index contributed by atoms with van der Waals surface area (Å²) in [5, 5.41) is 11.2. The Labute approximate surface area is 133 Å². The zero-order valence-corrected chi connectivity index (χ0v) is 13.5. The molecule has 0 spiro atoms. The van der Waals surface area contributed by atoms with Crippen LogP contribution in [0.1, 0.15) is 35.6 Å². The number of amides is 1. The summed E-state index contributed by atoms with van der Waals surface area (Å²) in [5.74, 6) is -0.695. The van der Waals surface area contributed by atoms with E-state index in [4.69, 9.17) is 9.84 Å². The van der Waals surface area contributed by atoms with Gasteiger partial charge in [-0.25, -0.2) is 0 Å². The van der Waals surface area contributed by atoms with Gasteiger partial charge in [0.1, 0.15) is 6.54 Å². The highest BCUT2D eigenvalue weighted by molar-refractivity contribution is 7.10. The fourth-order valence-corrected chi connectivity index (χ4v) is 4.37. The second kappa shape index (κ2) is 6.38. The summed E-state index contributed by atoms with van der Waals surface area (Å²) in [6, 6.07) is 2.08. The van der Waals surface area contributed by atoms with Crippen molar-refractivity contribution < 1.29 is 19.4 Å². The molecule has 0 bridgehead atoms. The Balaban J connectivity index is 1.70. The molecule has 0 radical (unpaired) electrons. The van der Waals surface area contributed by atoms with Crippen LogP contribution in [0.25, 0.3) is 0 Å². The average Bonchev–Trinajstić information content (AvgIpc) is 3.19. The number of rotatable bonds is 5. The second-order valence-electron chi connectivity index (χ2n) is 6.12. The smallest absolute Gasteiger partial charge is 0.323 e. The summed E-state index contributed by atoms with van der Waals surface area (Å²) < 4.78 is 5.32. The largest absolute Gasteiger partial charge is 0.480 e. The minimum atomic E-state index is -0.940. The zero-order valence-electron chi connectivity index (χ0n) is 12.7. The lowest BCUT2D eigenvalue weighted by molar-refractivity contribution is -0.148. The third kappa shape index (κ3) is 3.17. The van der Waals surface area contributed by atoms with Gasteiger partial charge in [-0.1, -0.05) is 0 Å². The van der Waals surface area contributed by atoms with Gasteiger partial charge in [0, 0.05) is 36.0 Å². The Hall–Kier alpha value is -1.40. The quantitative estimate of drug-likeness (QED) is 0.902. The first-order valence-electron chi connectivity index (χ1n) is 7.72. The van der Waals surface area contributed by atoms with Crippen molar-refractivity contribution in [3.8, 4) is 0 Å². The van der Waals surface area contributed by atoms with Gasteiger partial charge in [-0.2, -0.15) is 0 Å². The minimum absolute atomic E-state index is 0.00281. The van der Waals surface area contributed by atoms with Gasteiger partial charge in [-0.3, -0.25) is 9.59 Å². The second-order valence-corrected chi connectivity index (χ2v) is 7.07. The molecule has 0 aromatic carbocycles. The van der Waals surface area contributed by atoms with E-state index < -0.39 is 5.97 Å². The third-order valence-electron chi connectivity index (χ3n) is 4.57. The van der Waals surface area contributed by atoms with Crippen molar-refractivity contribution in [1.82, 2.24) is 4.90 Å². The Morgan fingerprint density at radius 1 is 1.41 bits per heavy atom. The molecule has 1 saturated carbocycles. The van der Waals surface area contributed by atoms with Gasteiger partial charge in [0.2, 0.25) is 5.91 Å². The van der Waals surface area contributed by atoms with Crippen molar-refractivity contribution in [2.45, 2.75) is 38.1 Å². The fraction of sp³-hybridized carbons (Fsp3) is 0.625. The molecule has 6 heteroatoms. The normalized spacial score (nSPS) is 25.0. The van der Waals surface area contributed by atoms with E-state index in [0.717, 1.165) is 19.3 Å². The molecule has 1 aromatic rings. The van der Waals surface area contributed by atoms with Crippen LogP contribution in [0.2, 0.25) is 0 Å². The van der Waals surface area contributed by atoms with Crippen molar-refractivity contribution in [2.24, 2.45) is 5.92 Å². The van der Waals surface area contributed by atoms with Crippen LogP contribution in [0.15, 0.2) is 11.4 Å². The highest BCUT2D eigenvalue weighted by Crippen LogP contribution is 2.51. The highest BCUT2D eigenvalue weighted by Gasteiger charge is 2.48. The predicted octanol–water partition coefficient (Wildman–Crippen LogP) is 2.25. The van der Waals surface area contributed by atoms with E-state index in [-0.39, 0.29) is 30.3 Å². The van der Waals surface area contributed by atoms with E-state index in [1.54, 1.807) is 16.2 Å². The number of aryl methyl sites for hydroxylation is 1. The maximum absolute atomic E-state index is 12.8. The van der Waals surface area contributed by atoms with Crippen LogP contribution in [-0.4, -0.2) is 47.7 Å². The molecule has 2 atom stereocenters. The molecule has 1 saturated heterocycles. The number of carboxylic acids is 1. The summed E-state index contributed by atoms with van der Waals surface area (Å²) >= 11 is 1.70. The van der Waals surface area contributed by atoms with Crippen molar-refractivity contribution in [1.29, 1.82) is 0 Å². The molecule has 120 valence electrons. The monoisotopic (exact) mass is 323 g/mol. The first-order valence-corrected chi connectivity index (χ1v) is 8.60. The summed E-state index contributed by atoms with van der Waals surface area (Å²) in [4.78, 5) is 26.8. The number of hydrogen-bond acceptors (Lipinski definition) is 4. The molecule has 2 unspecified atom stereocenters. The zero-order chi connectivity index (χ0) is 15.7. The van der Waals surface area contributed by atoms with Crippen molar-refractivity contribution >= 4 is 23.2 Å². The Kier molecular flexibility index (Phi) is 4.49. The maximum atomic E-state index is 12.8. The molecule has 22 heavy (non-hydrogen) atoms. The van der Waals surface area contributed by atoms with Crippen LogP contribution in [0, 0.1) is 12.8 Å². The highest BCUT2D eigenvalue weighted by atomic mass is 32.1. The Bertz CT molecular complexity index is 564. The first kappa shape index (κ1) is 15.5. The number of carbonyl (C=O) groups is 2. The van der Waals surface area contributed by atoms with E-state index in [0.29, 0.717) is 13.2 Å². The van der Waals surface area contributed by atoms with E-state index in [2.05, 4.69) is 18.4 Å². The molecule has 1 amide bonds. The standard InChI is InChI=1S/C16H21NO4S/c1-10-4-7-22-15(10)12-8-13(12)16(20)17(9-14(18)19)11-2-5-21-6-3-11/h4,7,11-13H,2-3,5-6,8-9H2,1H3,(H,18,19). The number of carboxylic acid groups (broad SMARTS) is 1. The number of hydrogen-bond donors (Lipinski definition) is 1. The SMILES string of the molecule is Cc1ccsc1C1CC1C(=O)N(CC(=O)O)C1CCOCC1. The van der Waals surface area contributed by atoms with Crippen LogP contribution in [-0.2, 0) is 14.3 Å². The molecular weight excluding hydrogens is 302 g/mol. The number of ether oxygens (including phenoxy) is 1. The fourth-order valence-electron chi connectivity index (χ4n) is 3.26. The van der Waals surface area contributed by atoms with E-state index >= 15 is 0 Å². The Morgan fingerprint density at radius 3 is 2.73 bits per heavy atom. The summed E-state index contributed by atoms with van der Waals surface area (Å²) in [6.45, 7) is 3.08. The summed E-state index contributed by atoms with van der Waals surface area (Å²) in [6.07, 6.45) is 2.31. The lowest BCUT2D eigenvalue weighted by Gasteiger charge is -2.33. The molecule has 1 aliphatic carbocycles. The number of aliphatic carboxylic acids is 1. The Morgan fingerprint density at radius 2 is 2.14 bits per heavy atom. The van der Waals surface area contributed by atoms with Gasteiger partial charge in [0.05, 0.1) is 0 Å². The first-order chi connectivity index (χ1) is 10.6. The molecule has 3 rings (SSSR count). The number of thiophene rings is 1. The van der Waals surface area contributed by atoms with Gasteiger partial charge in [0.25, 0.3) is 0 Å². The molecular formula is C16H21NO4S. The lowest BCUT2D eigenvalue weighted by Crippen LogP contribution is -2.46. The van der Waals surface area contributed by atoms with Gasteiger partial charge in [-0.05, 0) is 43.2 Å². The van der Waals surface area contributed by atoms with Crippen molar-refractivity contribution in [3.63, 3.8) is 0 Å². The third-order valence-corrected chi connectivity index (χ3v) is 5.72. The van der Waals surface area contributed by atoms with Crippen LogP contribution >= 0.6 is 11.3 Å². The predicted molar refractivity (Wildman–Crippen MR) is 83.1 cm³/mol. The number of carbonyl (C=O) groups excluding carboxylic acids is 1. The summed E-state index contributed by atoms with van der Waals surface area (Å²) in [7, 11) is 0. The van der Waals surface area contributed by atoms with Gasteiger partial charge >= 0.3 is 5.97 Å². The molecule has 2 heterocycles. The van der Waals surface area contributed by atoms with Gasteiger partial charge < -0.3 is 14.7 Å². The minimum Gasteiger partial charge on any atom is -0.480 e. The number of nitrogens with zero attached hydrogens (tertiary/aromatic N) is 1. The van der Waals surface area contributed by atoms with Gasteiger partial charge in [0.15, 0.2) is 0 Å². The van der Waals surface area contributed by atoms with Gasteiger partial charge in [-0.15, -0.1) is 11.3 Å². The van der Waals surface area contributed by atoms with Crippen LogP contribution in [0.4, 0.5) is 0 Å². The van der Waals surface area contributed by atoms with E-state index in [1.165, 1.54) is 10.4 Å². The molecule has 2 aliphatic rings. The molecule has 5 nitrogen and oxygen atoms in total. The van der Waals surface area contributed by atoms with Crippen LogP contribution in [0.3, 0.4) is 0 Å². The average molecular weight is 323 g/mol. The van der Waals surface area contributed by atoms with Crippen molar-refractivity contribution in [3.05, 3.63) is 21.9 Å². The van der Waals surface area contributed by atoms with Crippen molar-refractivity contribution in [2.75, 3.05) is 19.8 Å². The topological polar surface area (TPSA) is 66.8 Å². The molecule has 1 aliphatic heterocycles. The molecule has 2 fully saturated rings. The lowest BCUT2D eigenvalue weighted by atomic mass is 10.1. The molecule has 1 aromatic heterocycles. The molecule has 1 N–H and O–H groups in total. The van der Waals surface area contributed by atoms with Crippen LogP contribution < -0.4 is 0 Å². The van der Waals surface area contributed by atoms with E-state index in [1.807, 2.05) is 0 Å². The maximum Gasteiger partial charge on any atom is 0.323 e. The summed E-state index contributed by atoms with van der Waals surface area (Å²) in [5.41, 5.74) is 1.24. The van der Waals surface area contributed by atoms with Crippen LogP contribution in [0.5, 0.6) is 0 Å².